The van der Waals surface area contributed by atoms with Crippen LogP contribution >= 0.6 is 46.4 Å². The summed E-state index contributed by atoms with van der Waals surface area (Å²) in [6, 6.07) is 13.7. The van der Waals surface area contributed by atoms with Gasteiger partial charge in [0.1, 0.15) is 5.75 Å². The Labute approximate surface area is 168 Å². The molecule has 25 heavy (non-hydrogen) atoms. The third kappa shape index (κ3) is 6.48. The predicted molar refractivity (Wildman–Crippen MR) is 107 cm³/mol. The normalized spacial score (nSPS) is 9.84. The van der Waals surface area contributed by atoms with E-state index in [0.717, 1.165) is 3.57 Å². The first-order valence-corrected chi connectivity index (χ1v) is 8.85. The summed E-state index contributed by atoms with van der Waals surface area (Å²) in [5.41, 5.74) is 5.27. The van der Waals surface area contributed by atoms with E-state index in [9.17, 15) is 9.59 Å². The quantitative estimate of drug-likeness (QED) is 0.350. The van der Waals surface area contributed by atoms with Crippen molar-refractivity contribution in [3.8, 4) is 5.75 Å². The van der Waals surface area contributed by atoms with Crippen LogP contribution in [0.3, 0.4) is 0 Å². The molecule has 0 radical (unpaired) electrons. The van der Waals surface area contributed by atoms with Crippen LogP contribution in [0.1, 0.15) is 10.4 Å². The van der Waals surface area contributed by atoms with E-state index in [2.05, 4.69) is 38.8 Å². The van der Waals surface area contributed by atoms with Crippen LogP contribution in [0, 0.1) is 3.57 Å². The van der Waals surface area contributed by atoms with Crippen molar-refractivity contribution in [2.24, 2.45) is 0 Å². The summed E-state index contributed by atoms with van der Waals surface area (Å²) < 4.78 is 6.07. The first-order chi connectivity index (χ1) is 12.0. The van der Waals surface area contributed by atoms with Gasteiger partial charge in [-0.1, -0.05) is 23.7 Å². The Morgan fingerprint density at radius 3 is 2.44 bits per heavy atom. The molecule has 2 aromatic rings. The molecule has 2 amide bonds. The number of thiocarbonyl (C=S) groups is 1. The molecular formula is C16H13ClIN3O3S. The number of hydrogen-bond acceptors (Lipinski definition) is 4. The highest BCUT2D eigenvalue weighted by Crippen LogP contribution is 2.15. The maximum Gasteiger partial charge on any atom is 0.276 e. The first-order valence-electron chi connectivity index (χ1n) is 6.99. The van der Waals surface area contributed by atoms with Gasteiger partial charge in [0.15, 0.2) is 11.7 Å². The largest absolute Gasteiger partial charge is 0.484 e. The van der Waals surface area contributed by atoms with Crippen LogP contribution in [0.25, 0.3) is 0 Å². The Balaban J connectivity index is 1.74. The zero-order valence-corrected chi connectivity index (χ0v) is 16.4. The number of carbonyl (C=O) groups is 2. The molecule has 6 nitrogen and oxygen atoms in total. The summed E-state index contributed by atoms with van der Waals surface area (Å²) in [4.78, 5) is 23.8. The van der Waals surface area contributed by atoms with Gasteiger partial charge in [0.25, 0.3) is 11.8 Å². The van der Waals surface area contributed by atoms with Crippen molar-refractivity contribution in [2.45, 2.75) is 0 Å². The Hall–Kier alpha value is -1.91. The van der Waals surface area contributed by atoms with Crippen molar-refractivity contribution in [1.82, 2.24) is 16.2 Å². The highest BCUT2D eigenvalue weighted by molar-refractivity contribution is 14.1. The lowest BCUT2D eigenvalue weighted by molar-refractivity contribution is -0.123. The number of ether oxygens (including phenoxy) is 1. The summed E-state index contributed by atoms with van der Waals surface area (Å²) in [5.74, 6) is -0.316. The van der Waals surface area contributed by atoms with Gasteiger partial charge in [-0.25, -0.2) is 0 Å². The summed E-state index contributed by atoms with van der Waals surface area (Å²) in [6.07, 6.45) is 0. The van der Waals surface area contributed by atoms with E-state index in [-0.39, 0.29) is 17.6 Å². The van der Waals surface area contributed by atoms with Gasteiger partial charge in [-0.15, -0.1) is 0 Å². The fourth-order valence-electron chi connectivity index (χ4n) is 1.69. The third-order valence-electron chi connectivity index (χ3n) is 2.84. The van der Waals surface area contributed by atoms with Gasteiger partial charge in [-0.3, -0.25) is 25.8 Å². The highest BCUT2D eigenvalue weighted by Gasteiger charge is 2.11. The van der Waals surface area contributed by atoms with Gasteiger partial charge in [-0.05, 0) is 71.2 Å². The van der Waals surface area contributed by atoms with E-state index in [1.807, 2.05) is 12.1 Å². The number of amides is 2. The van der Waals surface area contributed by atoms with Crippen LogP contribution in [-0.2, 0) is 4.79 Å². The fraction of sp³-hybridized carbons (Fsp3) is 0.0625. The molecule has 0 spiro atoms. The van der Waals surface area contributed by atoms with Crippen molar-refractivity contribution in [1.29, 1.82) is 0 Å². The predicted octanol–water partition coefficient (Wildman–Crippen LogP) is 2.66. The lowest BCUT2D eigenvalue weighted by Crippen LogP contribution is -2.49. The molecule has 0 aliphatic heterocycles. The number of hydrogen-bond donors (Lipinski definition) is 3. The standard InChI is InChI=1S/C16H13ClIN3O3S/c17-10-5-7-11(8-6-10)24-9-14(22)20-21-16(25)19-15(23)12-3-1-2-4-13(12)18/h1-8H,9H2,(H,20,22)(H2,19,21,23,25). The van der Waals surface area contributed by atoms with E-state index >= 15 is 0 Å². The van der Waals surface area contributed by atoms with Crippen molar-refractivity contribution in [2.75, 3.05) is 6.61 Å². The van der Waals surface area contributed by atoms with Crippen LogP contribution in [0.5, 0.6) is 5.75 Å². The highest BCUT2D eigenvalue weighted by atomic mass is 127. The van der Waals surface area contributed by atoms with Gasteiger partial charge >= 0.3 is 0 Å². The Morgan fingerprint density at radius 1 is 1.08 bits per heavy atom. The molecule has 130 valence electrons. The second kappa shape index (κ2) is 9.54. The van der Waals surface area contributed by atoms with Gasteiger partial charge in [0, 0.05) is 8.59 Å². The molecule has 2 aromatic carbocycles. The van der Waals surface area contributed by atoms with Crippen molar-refractivity contribution in [3.05, 3.63) is 62.7 Å². The molecule has 0 saturated heterocycles. The minimum absolute atomic E-state index is 0.0236. The van der Waals surface area contributed by atoms with E-state index in [1.165, 1.54) is 0 Å². The number of hydrazine groups is 1. The summed E-state index contributed by atoms with van der Waals surface area (Å²) in [7, 11) is 0. The molecule has 2 rings (SSSR count). The Kier molecular flexibility index (Phi) is 7.41. The second-order valence-electron chi connectivity index (χ2n) is 4.68. The fourth-order valence-corrected chi connectivity index (χ4v) is 2.59. The number of nitrogens with one attached hydrogen (secondary N) is 3. The van der Waals surface area contributed by atoms with Gasteiger partial charge in [0.2, 0.25) is 0 Å². The van der Waals surface area contributed by atoms with E-state index in [0.29, 0.717) is 16.3 Å². The summed E-state index contributed by atoms with van der Waals surface area (Å²) in [5, 5.41) is 3.03. The topological polar surface area (TPSA) is 79.5 Å². The molecule has 0 bridgehead atoms. The second-order valence-corrected chi connectivity index (χ2v) is 6.69. The molecule has 3 N–H and O–H groups in total. The SMILES string of the molecule is O=C(COc1ccc(Cl)cc1)NNC(=S)NC(=O)c1ccccc1I. The van der Waals surface area contributed by atoms with Crippen molar-refractivity contribution < 1.29 is 14.3 Å². The van der Waals surface area contributed by atoms with E-state index in [4.69, 9.17) is 28.6 Å². The van der Waals surface area contributed by atoms with Crippen LogP contribution in [0.2, 0.25) is 5.02 Å². The Bertz CT molecular complexity index is 786. The molecule has 0 atom stereocenters. The maximum absolute atomic E-state index is 12.1. The molecule has 0 aliphatic carbocycles. The van der Waals surface area contributed by atoms with Gasteiger partial charge in [-0.2, -0.15) is 0 Å². The number of carbonyl (C=O) groups excluding carboxylic acids is 2. The van der Waals surface area contributed by atoms with Crippen LogP contribution in [0.4, 0.5) is 0 Å². The lowest BCUT2D eigenvalue weighted by Gasteiger charge is -2.12. The maximum atomic E-state index is 12.1. The molecule has 0 fully saturated rings. The first kappa shape index (κ1) is 19.4. The molecule has 0 aliphatic rings. The zero-order valence-electron chi connectivity index (χ0n) is 12.7. The van der Waals surface area contributed by atoms with Crippen LogP contribution in [-0.4, -0.2) is 23.5 Å². The minimum Gasteiger partial charge on any atom is -0.484 e. The summed E-state index contributed by atoms with van der Waals surface area (Å²) >= 11 is 12.8. The number of benzene rings is 2. The zero-order chi connectivity index (χ0) is 18.2. The number of halogens is 2. The smallest absolute Gasteiger partial charge is 0.276 e. The average molecular weight is 490 g/mol. The van der Waals surface area contributed by atoms with Gasteiger partial charge < -0.3 is 4.74 Å². The van der Waals surface area contributed by atoms with Crippen LogP contribution < -0.4 is 20.9 Å². The van der Waals surface area contributed by atoms with Crippen molar-refractivity contribution >= 4 is 63.3 Å². The molecule has 9 heteroatoms. The van der Waals surface area contributed by atoms with E-state index in [1.54, 1.807) is 36.4 Å². The average Bonchev–Trinajstić information content (AvgIpc) is 2.59. The van der Waals surface area contributed by atoms with Crippen LogP contribution in [0.15, 0.2) is 48.5 Å². The lowest BCUT2D eigenvalue weighted by atomic mass is 10.2. The number of rotatable bonds is 4. The molecule has 0 heterocycles. The molecular weight excluding hydrogens is 477 g/mol. The third-order valence-corrected chi connectivity index (χ3v) is 4.24. The van der Waals surface area contributed by atoms with Gasteiger partial charge in [0.05, 0.1) is 5.56 Å². The molecule has 0 aromatic heterocycles. The molecule has 0 saturated carbocycles. The Morgan fingerprint density at radius 2 is 1.76 bits per heavy atom. The summed E-state index contributed by atoms with van der Waals surface area (Å²) in [6.45, 7) is -0.220. The minimum atomic E-state index is -0.458. The molecule has 0 unspecified atom stereocenters. The van der Waals surface area contributed by atoms with Crippen molar-refractivity contribution in [3.63, 3.8) is 0 Å². The van der Waals surface area contributed by atoms with E-state index < -0.39 is 5.91 Å². The monoisotopic (exact) mass is 489 g/mol.